The Morgan fingerprint density at radius 2 is 1.83 bits per heavy atom. The molecule has 1 aromatic carbocycles. The summed E-state index contributed by atoms with van der Waals surface area (Å²) in [5, 5.41) is 2.59. The van der Waals surface area contributed by atoms with Crippen molar-refractivity contribution in [3.63, 3.8) is 0 Å². The van der Waals surface area contributed by atoms with Gasteiger partial charge in [-0.05, 0) is 12.1 Å². The van der Waals surface area contributed by atoms with Crippen LogP contribution in [0.2, 0.25) is 0 Å². The van der Waals surface area contributed by atoms with Gasteiger partial charge >= 0.3 is 0 Å². The van der Waals surface area contributed by atoms with Gasteiger partial charge in [0.15, 0.2) is 11.6 Å². The van der Waals surface area contributed by atoms with Crippen molar-refractivity contribution in [2.24, 2.45) is 5.84 Å². The monoisotopic (exact) mass is 252 g/mol. The number of benzene rings is 1. The maximum absolute atomic E-state index is 13.4. The van der Waals surface area contributed by atoms with Gasteiger partial charge in [-0.15, -0.1) is 0 Å². The standard InChI is InChI=1S/C10H10F2N6/c11-5-2-1-3-6(9(5)12)15-7-4-8(18-14)17-10(13)16-7/h1-4H,14H2,(H4,13,15,16,17,18). The summed E-state index contributed by atoms with van der Waals surface area (Å²) in [6.45, 7) is 0. The minimum absolute atomic E-state index is 0.0511. The van der Waals surface area contributed by atoms with E-state index < -0.39 is 11.6 Å². The topological polar surface area (TPSA) is 102 Å². The molecule has 2 aromatic rings. The lowest BCUT2D eigenvalue weighted by atomic mass is 10.3. The number of hydrogen-bond donors (Lipinski definition) is 4. The van der Waals surface area contributed by atoms with Gasteiger partial charge in [-0.2, -0.15) is 9.97 Å². The highest BCUT2D eigenvalue weighted by molar-refractivity contribution is 5.61. The third kappa shape index (κ3) is 2.43. The number of nitrogens with two attached hydrogens (primary N) is 2. The van der Waals surface area contributed by atoms with Crippen molar-refractivity contribution < 1.29 is 8.78 Å². The summed E-state index contributed by atoms with van der Waals surface area (Å²) in [6, 6.07) is 5.15. The first-order chi connectivity index (χ1) is 8.60. The quantitative estimate of drug-likeness (QED) is 0.486. The van der Waals surface area contributed by atoms with Crippen LogP contribution in [0, 0.1) is 11.6 Å². The van der Waals surface area contributed by atoms with Gasteiger partial charge in [0.2, 0.25) is 5.95 Å². The first kappa shape index (κ1) is 12.0. The SMILES string of the molecule is NNc1cc(Nc2cccc(F)c2F)nc(N)n1. The highest BCUT2D eigenvalue weighted by Gasteiger charge is 2.09. The van der Waals surface area contributed by atoms with Crippen molar-refractivity contribution in [3.8, 4) is 0 Å². The zero-order valence-electron chi connectivity index (χ0n) is 9.11. The van der Waals surface area contributed by atoms with Crippen LogP contribution in [0.15, 0.2) is 24.3 Å². The molecule has 2 rings (SSSR count). The average Bonchev–Trinajstić information content (AvgIpc) is 2.34. The summed E-state index contributed by atoms with van der Waals surface area (Å²) in [6.07, 6.45) is 0. The average molecular weight is 252 g/mol. The summed E-state index contributed by atoms with van der Waals surface area (Å²) in [5.41, 5.74) is 7.65. The predicted octanol–water partition coefficient (Wildman–Crippen LogP) is 1.37. The Hall–Kier alpha value is -2.48. The van der Waals surface area contributed by atoms with E-state index in [1.807, 2.05) is 0 Å². The molecule has 1 aromatic heterocycles. The molecular weight excluding hydrogens is 242 g/mol. The van der Waals surface area contributed by atoms with Gasteiger partial charge in [0.05, 0.1) is 5.69 Å². The van der Waals surface area contributed by atoms with E-state index in [0.29, 0.717) is 0 Å². The Labute approximate surface area is 101 Å². The minimum atomic E-state index is -1.00. The molecule has 0 aliphatic rings. The molecule has 0 bridgehead atoms. The van der Waals surface area contributed by atoms with Crippen LogP contribution in [-0.2, 0) is 0 Å². The van der Waals surface area contributed by atoms with E-state index in [9.17, 15) is 8.78 Å². The molecule has 0 amide bonds. The van der Waals surface area contributed by atoms with Crippen LogP contribution in [0.5, 0.6) is 0 Å². The third-order valence-electron chi connectivity index (χ3n) is 2.11. The molecular formula is C10H10F2N6. The molecule has 0 atom stereocenters. The second-order valence-corrected chi connectivity index (χ2v) is 3.37. The Kier molecular flexibility index (Phi) is 3.20. The van der Waals surface area contributed by atoms with Crippen LogP contribution in [0.3, 0.4) is 0 Å². The van der Waals surface area contributed by atoms with Crippen molar-refractivity contribution in [3.05, 3.63) is 35.9 Å². The summed E-state index contributed by atoms with van der Waals surface area (Å²) in [5.74, 6) is 3.61. The predicted molar refractivity (Wildman–Crippen MR) is 63.9 cm³/mol. The van der Waals surface area contributed by atoms with Crippen LogP contribution in [0.1, 0.15) is 0 Å². The van der Waals surface area contributed by atoms with E-state index in [2.05, 4.69) is 20.7 Å². The van der Waals surface area contributed by atoms with E-state index in [1.165, 1.54) is 18.2 Å². The van der Waals surface area contributed by atoms with Crippen LogP contribution < -0.4 is 22.3 Å². The zero-order valence-corrected chi connectivity index (χ0v) is 9.11. The molecule has 0 aliphatic heterocycles. The minimum Gasteiger partial charge on any atom is -0.368 e. The number of aromatic nitrogens is 2. The number of nitrogens with zero attached hydrogens (tertiary/aromatic N) is 2. The van der Waals surface area contributed by atoms with Gasteiger partial charge in [-0.1, -0.05) is 6.07 Å². The summed E-state index contributed by atoms with van der Waals surface area (Å²) in [7, 11) is 0. The molecule has 6 N–H and O–H groups in total. The highest BCUT2D eigenvalue weighted by atomic mass is 19.2. The summed E-state index contributed by atoms with van der Waals surface area (Å²) in [4.78, 5) is 7.58. The number of hydrogen-bond acceptors (Lipinski definition) is 6. The number of nitrogen functional groups attached to an aromatic ring is 2. The number of halogens is 2. The molecule has 0 aliphatic carbocycles. The molecule has 0 radical (unpaired) electrons. The fourth-order valence-corrected chi connectivity index (χ4v) is 1.34. The Morgan fingerprint density at radius 1 is 1.11 bits per heavy atom. The smallest absolute Gasteiger partial charge is 0.223 e. The van der Waals surface area contributed by atoms with Crippen molar-refractivity contribution in [2.75, 3.05) is 16.5 Å². The summed E-state index contributed by atoms with van der Waals surface area (Å²) < 4.78 is 26.4. The lowest BCUT2D eigenvalue weighted by Gasteiger charge is -2.09. The Balaban J connectivity index is 2.34. The first-order valence-corrected chi connectivity index (χ1v) is 4.92. The number of anilines is 4. The lowest BCUT2D eigenvalue weighted by molar-refractivity contribution is 0.511. The van der Waals surface area contributed by atoms with Gasteiger partial charge in [-0.3, -0.25) is 0 Å². The molecule has 0 unspecified atom stereocenters. The van der Waals surface area contributed by atoms with Crippen molar-refractivity contribution in [1.29, 1.82) is 0 Å². The zero-order chi connectivity index (χ0) is 13.1. The van der Waals surface area contributed by atoms with Crippen molar-refractivity contribution in [1.82, 2.24) is 9.97 Å². The van der Waals surface area contributed by atoms with E-state index in [1.54, 1.807) is 0 Å². The Morgan fingerprint density at radius 3 is 2.56 bits per heavy atom. The molecule has 94 valence electrons. The molecule has 0 saturated heterocycles. The fourth-order valence-electron chi connectivity index (χ4n) is 1.34. The van der Waals surface area contributed by atoms with Gasteiger partial charge in [-0.25, -0.2) is 14.6 Å². The molecule has 0 saturated carbocycles. The second kappa shape index (κ2) is 4.80. The van der Waals surface area contributed by atoms with Gasteiger partial charge in [0.1, 0.15) is 11.6 Å². The van der Waals surface area contributed by atoms with E-state index >= 15 is 0 Å². The molecule has 6 nitrogen and oxygen atoms in total. The normalized spacial score (nSPS) is 10.2. The van der Waals surface area contributed by atoms with E-state index in [-0.39, 0.29) is 23.3 Å². The number of nitrogens with one attached hydrogen (secondary N) is 2. The number of hydrazine groups is 1. The molecule has 0 fully saturated rings. The van der Waals surface area contributed by atoms with E-state index in [0.717, 1.165) is 6.07 Å². The first-order valence-electron chi connectivity index (χ1n) is 4.92. The van der Waals surface area contributed by atoms with Crippen molar-refractivity contribution in [2.45, 2.75) is 0 Å². The molecule has 0 spiro atoms. The van der Waals surface area contributed by atoms with Crippen LogP contribution in [-0.4, -0.2) is 9.97 Å². The molecule has 1 heterocycles. The fraction of sp³-hybridized carbons (Fsp3) is 0. The van der Waals surface area contributed by atoms with Crippen LogP contribution >= 0.6 is 0 Å². The van der Waals surface area contributed by atoms with Gasteiger partial charge < -0.3 is 16.5 Å². The third-order valence-corrected chi connectivity index (χ3v) is 2.11. The van der Waals surface area contributed by atoms with Gasteiger partial charge in [0.25, 0.3) is 0 Å². The summed E-state index contributed by atoms with van der Waals surface area (Å²) >= 11 is 0. The maximum Gasteiger partial charge on any atom is 0.223 e. The lowest BCUT2D eigenvalue weighted by Crippen LogP contribution is -2.11. The van der Waals surface area contributed by atoms with Crippen LogP contribution in [0.4, 0.5) is 32.1 Å². The van der Waals surface area contributed by atoms with Gasteiger partial charge in [0, 0.05) is 6.07 Å². The largest absolute Gasteiger partial charge is 0.368 e. The van der Waals surface area contributed by atoms with E-state index in [4.69, 9.17) is 11.6 Å². The number of rotatable bonds is 3. The second-order valence-electron chi connectivity index (χ2n) is 3.37. The highest BCUT2D eigenvalue weighted by Crippen LogP contribution is 2.22. The molecule has 8 heteroatoms. The van der Waals surface area contributed by atoms with Crippen LogP contribution in [0.25, 0.3) is 0 Å². The Bertz CT molecular complexity index is 574. The molecule has 18 heavy (non-hydrogen) atoms. The maximum atomic E-state index is 13.4. The van der Waals surface area contributed by atoms with Crippen molar-refractivity contribution >= 4 is 23.3 Å².